The Morgan fingerprint density at radius 1 is 0.290 bits per heavy atom. The first-order valence-electron chi connectivity index (χ1n) is 23.3. The number of hydrogen-bond donors (Lipinski definition) is 0. The van der Waals surface area contributed by atoms with Crippen molar-refractivity contribution in [2.24, 2.45) is 0 Å². The summed E-state index contributed by atoms with van der Waals surface area (Å²) in [5.74, 6) is 1.70. The number of hydrogen-bond acceptors (Lipinski definition) is 5. The number of para-hydroxylation sites is 1. The van der Waals surface area contributed by atoms with E-state index < -0.39 is 5.41 Å². The molecule has 322 valence electrons. The number of furan rings is 2. The summed E-state index contributed by atoms with van der Waals surface area (Å²) >= 11 is 0. The summed E-state index contributed by atoms with van der Waals surface area (Å²) in [6, 6.07) is 83.5. The Bertz CT molecular complexity index is 4100. The van der Waals surface area contributed by atoms with Crippen LogP contribution in [0.1, 0.15) is 22.3 Å². The van der Waals surface area contributed by atoms with Crippen LogP contribution in [0.2, 0.25) is 0 Å². The van der Waals surface area contributed by atoms with Crippen molar-refractivity contribution in [3.63, 3.8) is 0 Å². The van der Waals surface area contributed by atoms with Crippen LogP contribution in [0.5, 0.6) is 0 Å². The normalized spacial score (nSPS) is 12.8. The first-order chi connectivity index (χ1) is 34.2. The van der Waals surface area contributed by atoms with Gasteiger partial charge in [-0.3, -0.25) is 0 Å². The fourth-order valence-electron chi connectivity index (χ4n) is 11.0. The highest BCUT2D eigenvalue weighted by Gasteiger charge is 2.46. The van der Waals surface area contributed by atoms with Crippen LogP contribution in [0.15, 0.2) is 245 Å². The minimum atomic E-state index is -0.506. The topological polar surface area (TPSA) is 65.0 Å². The summed E-state index contributed by atoms with van der Waals surface area (Å²) in [5.41, 5.74) is 17.3. The van der Waals surface area contributed by atoms with Crippen molar-refractivity contribution >= 4 is 43.9 Å². The van der Waals surface area contributed by atoms with E-state index in [0.717, 1.165) is 82.8 Å². The summed E-state index contributed by atoms with van der Waals surface area (Å²) in [6.45, 7) is 0. The monoisotopic (exact) mass is 881 g/mol. The lowest BCUT2D eigenvalue weighted by Crippen LogP contribution is -2.28. The van der Waals surface area contributed by atoms with Crippen LogP contribution in [0.25, 0.3) is 111 Å². The molecular formula is C64H39N3O2. The molecular weight excluding hydrogens is 843 g/mol. The second kappa shape index (κ2) is 15.4. The maximum absolute atomic E-state index is 6.70. The SMILES string of the molecule is c1ccc(-c2cccc(-c3nc(-c4ccc5oc6ccccc6c5c4)nc(-c4cccc5oc6ccc(-c7cccc8c7-c7ccccc7C8(c7ccccc7)c7ccccc7)cc6c45)n3)c2)cc1. The molecule has 0 aliphatic heterocycles. The smallest absolute Gasteiger partial charge is 0.164 e. The summed E-state index contributed by atoms with van der Waals surface area (Å²) in [4.78, 5) is 15.9. The van der Waals surface area contributed by atoms with Crippen molar-refractivity contribution in [1.29, 1.82) is 0 Å². The fraction of sp³-hybridized carbons (Fsp3) is 0.0156. The molecule has 0 atom stereocenters. The second-order valence-corrected chi connectivity index (χ2v) is 17.8. The van der Waals surface area contributed by atoms with E-state index >= 15 is 0 Å². The van der Waals surface area contributed by atoms with Gasteiger partial charge in [0.15, 0.2) is 17.5 Å². The highest BCUT2D eigenvalue weighted by atomic mass is 16.3. The minimum Gasteiger partial charge on any atom is -0.456 e. The van der Waals surface area contributed by atoms with Crippen LogP contribution in [0.3, 0.4) is 0 Å². The molecule has 14 rings (SSSR count). The zero-order valence-corrected chi connectivity index (χ0v) is 37.2. The average molecular weight is 882 g/mol. The molecule has 0 unspecified atom stereocenters. The van der Waals surface area contributed by atoms with Crippen LogP contribution >= 0.6 is 0 Å². The maximum Gasteiger partial charge on any atom is 0.164 e. The van der Waals surface area contributed by atoms with Crippen LogP contribution in [-0.2, 0) is 5.41 Å². The molecule has 0 radical (unpaired) electrons. The number of fused-ring (bicyclic) bond motifs is 9. The summed E-state index contributed by atoms with van der Waals surface area (Å²) < 4.78 is 12.9. The van der Waals surface area contributed by atoms with Gasteiger partial charge in [0.25, 0.3) is 0 Å². The second-order valence-electron chi connectivity index (χ2n) is 17.8. The van der Waals surface area contributed by atoms with Crippen molar-refractivity contribution in [3.05, 3.63) is 259 Å². The fourth-order valence-corrected chi connectivity index (χ4v) is 11.0. The molecule has 0 N–H and O–H groups in total. The van der Waals surface area contributed by atoms with Gasteiger partial charge in [-0.05, 0) is 104 Å². The van der Waals surface area contributed by atoms with Gasteiger partial charge < -0.3 is 8.83 Å². The number of benzene rings is 10. The lowest BCUT2D eigenvalue weighted by Gasteiger charge is -2.34. The van der Waals surface area contributed by atoms with E-state index in [0.29, 0.717) is 17.5 Å². The molecule has 1 aliphatic rings. The first kappa shape index (κ1) is 39.0. The van der Waals surface area contributed by atoms with Crippen molar-refractivity contribution in [2.75, 3.05) is 0 Å². The number of nitrogens with zero attached hydrogens (tertiary/aromatic N) is 3. The predicted octanol–water partition coefficient (Wildman–Crippen LogP) is 16.4. The zero-order chi connectivity index (χ0) is 45.5. The summed E-state index contributed by atoms with van der Waals surface area (Å²) in [6.07, 6.45) is 0. The van der Waals surface area contributed by atoms with Gasteiger partial charge in [0.05, 0.1) is 5.41 Å². The molecule has 0 fully saturated rings. The average Bonchev–Trinajstić information content (AvgIpc) is 4.09. The van der Waals surface area contributed by atoms with Gasteiger partial charge in [0.2, 0.25) is 0 Å². The Kier molecular flexibility index (Phi) is 8.73. The van der Waals surface area contributed by atoms with Crippen LogP contribution in [-0.4, -0.2) is 15.0 Å². The molecule has 0 saturated carbocycles. The van der Waals surface area contributed by atoms with Gasteiger partial charge in [-0.2, -0.15) is 0 Å². The number of aromatic nitrogens is 3. The van der Waals surface area contributed by atoms with E-state index in [-0.39, 0.29) is 0 Å². The molecule has 10 aromatic carbocycles. The molecule has 0 amide bonds. The Morgan fingerprint density at radius 3 is 1.59 bits per heavy atom. The highest BCUT2D eigenvalue weighted by Crippen LogP contribution is 2.58. The standard InChI is InChI=1S/C64H39N3O2/c1-4-17-40(18-5-1)41-19-14-20-43(37-41)61-65-62(44-34-36-56-51(39-44)48-25-11-13-31-55(48)68-56)67-63(66-61)50-28-16-32-58-60(50)52-38-42(33-35-57(52)69-58)47-27-15-30-54-59(47)49-26-10-12-29-53(49)64(54,45-21-6-2-7-22-45)46-23-8-3-9-24-46/h1-39H. The van der Waals surface area contributed by atoms with Gasteiger partial charge in [0, 0.05) is 38.2 Å². The summed E-state index contributed by atoms with van der Waals surface area (Å²) in [7, 11) is 0. The van der Waals surface area contributed by atoms with Gasteiger partial charge in [0.1, 0.15) is 22.3 Å². The van der Waals surface area contributed by atoms with E-state index in [2.05, 4.69) is 188 Å². The quantitative estimate of drug-likeness (QED) is 0.160. The zero-order valence-electron chi connectivity index (χ0n) is 37.2. The van der Waals surface area contributed by atoms with Crippen LogP contribution < -0.4 is 0 Å². The Morgan fingerprint density at radius 2 is 0.797 bits per heavy atom. The van der Waals surface area contributed by atoms with Gasteiger partial charge >= 0.3 is 0 Å². The van der Waals surface area contributed by atoms with E-state index in [4.69, 9.17) is 23.8 Å². The maximum atomic E-state index is 6.70. The Balaban J connectivity index is 0.977. The molecule has 1 aliphatic carbocycles. The molecule has 13 aromatic rings. The summed E-state index contributed by atoms with van der Waals surface area (Å²) in [5, 5.41) is 3.99. The predicted molar refractivity (Wildman–Crippen MR) is 279 cm³/mol. The van der Waals surface area contributed by atoms with E-state index in [9.17, 15) is 0 Å². The highest BCUT2D eigenvalue weighted by molar-refractivity contribution is 6.13. The third-order valence-electron chi connectivity index (χ3n) is 14.0. The first-order valence-corrected chi connectivity index (χ1v) is 23.3. The third kappa shape index (κ3) is 6.07. The van der Waals surface area contributed by atoms with Gasteiger partial charge in [-0.15, -0.1) is 0 Å². The number of rotatable bonds is 7. The molecule has 0 saturated heterocycles. The molecule has 5 nitrogen and oxygen atoms in total. The van der Waals surface area contributed by atoms with Crippen molar-refractivity contribution < 1.29 is 8.83 Å². The van der Waals surface area contributed by atoms with Crippen molar-refractivity contribution in [2.45, 2.75) is 5.41 Å². The van der Waals surface area contributed by atoms with E-state index in [1.807, 2.05) is 48.5 Å². The van der Waals surface area contributed by atoms with Gasteiger partial charge in [-0.25, -0.2) is 15.0 Å². The van der Waals surface area contributed by atoms with E-state index in [1.54, 1.807) is 0 Å². The molecule has 0 spiro atoms. The minimum absolute atomic E-state index is 0.506. The molecule has 3 aromatic heterocycles. The Labute approximate surface area is 397 Å². The largest absolute Gasteiger partial charge is 0.456 e. The van der Waals surface area contributed by atoms with Crippen LogP contribution in [0, 0.1) is 0 Å². The van der Waals surface area contributed by atoms with Gasteiger partial charge in [-0.1, -0.05) is 188 Å². The van der Waals surface area contributed by atoms with Crippen LogP contribution in [0.4, 0.5) is 0 Å². The molecule has 0 bridgehead atoms. The molecule has 69 heavy (non-hydrogen) atoms. The molecule has 5 heteroatoms. The third-order valence-corrected chi connectivity index (χ3v) is 14.0. The lowest BCUT2D eigenvalue weighted by atomic mass is 9.67. The lowest BCUT2D eigenvalue weighted by molar-refractivity contribution is 0.668. The Hall–Kier alpha value is -9.19. The van der Waals surface area contributed by atoms with Crippen molar-refractivity contribution in [1.82, 2.24) is 15.0 Å². The van der Waals surface area contributed by atoms with Crippen molar-refractivity contribution in [3.8, 4) is 67.5 Å². The molecule has 3 heterocycles. The van der Waals surface area contributed by atoms with E-state index in [1.165, 1.54) is 33.4 Å².